The molecule has 0 spiro atoms. The van der Waals surface area contributed by atoms with Gasteiger partial charge in [-0.15, -0.1) is 0 Å². The van der Waals surface area contributed by atoms with Crippen molar-refractivity contribution in [2.45, 2.75) is 19.6 Å². The second-order valence-corrected chi connectivity index (χ2v) is 6.85. The van der Waals surface area contributed by atoms with Gasteiger partial charge in [-0.3, -0.25) is 4.79 Å². The highest BCUT2D eigenvalue weighted by Crippen LogP contribution is 2.26. The van der Waals surface area contributed by atoms with Gasteiger partial charge in [-0.25, -0.2) is 5.43 Å². The first kappa shape index (κ1) is 22.7. The van der Waals surface area contributed by atoms with Crippen molar-refractivity contribution < 1.29 is 23.7 Å². The van der Waals surface area contributed by atoms with Crippen LogP contribution in [-0.4, -0.2) is 32.4 Å². The van der Waals surface area contributed by atoms with Crippen LogP contribution in [0.2, 0.25) is 0 Å². The summed E-state index contributed by atoms with van der Waals surface area (Å²) in [4.78, 5) is 12.3. The number of hydrazone groups is 1. The van der Waals surface area contributed by atoms with Crippen molar-refractivity contribution in [3.8, 4) is 23.0 Å². The monoisotopic (exact) mass is 434 g/mol. The lowest BCUT2D eigenvalue weighted by Crippen LogP contribution is -2.33. The lowest BCUT2D eigenvalue weighted by molar-refractivity contribution is -0.127. The van der Waals surface area contributed by atoms with Crippen LogP contribution in [-0.2, 0) is 11.4 Å². The van der Waals surface area contributed by atoms with Gasteiger partial charge in [0.25, 0.3) is 5.91 Å². The van der Waals surface area contributed by atoms with Gasteiger partial charge in [0.1, 0.15) is 18.1 Å². The number of amides is 1. The largest absolute Gasteiger partial charge is 0.493 e. The summed E-state index contributed by atoms with van der Waals surface area (Å²) >= 11 is 0. The second kappa shape index (κ2) is 11.4. The fraction of sp³-hybridized carbons (Fsp3) is 0.200. The quantitative estimate of drug-likeness (QED) is 0.382. The maximum atomic E-state index is 12.3. The molecule has 3 rings (SSSR count). The van der Waals surface area contributed by atoms with E-state index in [9.17, 15) is 4.79 Å². The molecule has 7 heteroatoms. The summed E-state index contributed by atoms with van der Waals surface area (Å²) in [6.45, 7) is 2.14. The number of hydrogen-bond acceptors (Lipinski definition) is 6. The maximum Gasteiger partial charge on any atom is 0.280 e. The van der Waals surface area contributed by atoms with Crippen LogP contribution in [0, 0.1) is 0 Å². The van der Waals surface area contributed by atoms with E-state index in [1.807, 2.05) is 30.3 Å². The molecule has 0 radical (unpaired) electrons. The average Bonchev–Trinajstić information content (AvgIpc) is 2.84. The van der Waals surface area contributed by atoms with Crippen LogP contribution in [0.15, 0.2) is 77.9 Å². The Bertz CT molecular complexity index is 1040. The Hall–Kier alpha value is -4.00. The van der Waals surface area contributed by atoms with E-state index in [0.29, 0.717) is 23.9 Å². The molecule has 32 heavy (non-hydrogen) atoms. The topological polar surface area (TPSA) is 78.4 Å². The molecular formula is C25H26N2O5. The Balaban J connectivity index is 1.48. The molecule has 7 nitrogen and oxygen atoms in total. The Morgan fingerprint density at radius 2 is 1.62 bits per heavy atom. The van der Waals surface area contributed by atoms with E-state index in [1.165, 1.54) is 6.21 Å². The highest BCUT2D eigenvalue weighted by Gasteiger charge is 2.14. The summed E-state index contributed by atoms with van der Waals surface area (Å²) in [6.07, 6.45) is 0.791. The van der Waals surface area contributed by atoms with Crippen molar-refractivity contribution >= 4 is 12.1 Å². The summed E-state index contributed by atoms with van der Waals surface area (Å²) in [5, 5.41) is 3.98. The molecule has 0 aliphatic heterocycles. The van der Waals surface area contributed by atoms with Crippen molar-refractivity contribution in [2.24, 2.45) is 5.10 Å². The Kier molecular flexibility index (Phi) is 8.09. The van der Waals surface area contributed by atoms with E-state index in [-0.39, 0.29) is 5.91 Å². The Labute approximate surface area is 187 Å². The SMILES string of the molecule is COc1ccc(/C=N\NC(=O)[C@H](C)Oc2ccc(OCc3ccccc3)cc2)cc1OC. The molecule has 0 unspecified atom stereocenters. The van der Waals surface area contributed by atoms with Crippen LogP contribution in [0.25, 0.3) is 0 Å². The third kappa shape index (κ3) is 6.50. The van der Waals surface area contributed by atoms with Crippen molar-refractivity contribution in [1.82, 2.24) is 5.43 Å². The number of ether oxygens (including phenoxy) is 4. The number of benzene rings is 3. The van der Waals surface area contributed by atoms with Gasteiger partial charge in [0.15, 0.2) is 17.6 Å². The molecule has 0 saturated carbocycles. The van der Waals surface area contributed by atoms with Gasteiger partial charge in [0.2, 0.25) is 0 Å². The third-order valence-electron chi connectivity index (χ3n) is 4.55. The second-order valence-electron chi connectivity index (χ2n) is 6.85. The smallest absolute Gasteiger partial charge is 0.280 e. The van der Waals surface area contributed by atoms with E-state index in [2.05, 4.69) is 10.5 Å². The van der Waals surface area contributed by atoms with Crippen LogP contribution in [0.1, 0.15) is 18.1 Å². The predicted molar refractivity (Wildman–Crippen MR) is 123 cm³/mol. The number of rotatable bonds is 10. The maximum absolute atomic E-state index is 12.3. The number of nitrogens with one attached hydrogen (secondary N) is 1. The molecule has 0 aromatic heterocycles. The van der Waals surface area contributed by atoms with E-state index in [4.69, 9.17) is 18.9 Å². The summed E-state index contributed by atoms with van der Waals surface area (Å²) in [7, 11) is 3.13. The van der Waals surface area contributed by atoms with Crippen molar-refractivity contribution in [3.05, 3.63) is 83.9 Å². The number of carbonyl (C=O) groups is 1. The van der Waals surface area contributed by atoms with Crippen molar-refractivity contribution in [1.29, 1.82) is 0 Å². The molecule has 0 aliphatic rings. The molecule has 0 saturated heterocycles. The summed E-state index contributed by atoms with van der Waals surface area (Å²) in [6, 6.07) is 22.4. The number of nitrogens with zero attached hydrogens (tertiary/aromatic N) is 1. The highest BCUT2D eigenvalue weighted by molar-refractivity contribution is 5.84. The molecule has 1 N–H and O–H groups in total. The van der Waals surface area contributed by atoms with Gasteiger partial charge < -0.3 is 18.9 Å². The van der Waals surface area contributed by atoms with Crippen LogP contribution >= 0.6 is 0 Å². The molecule has 1 atom stereocenters. The lowest BCUT2D eigenvalue weighted by atomic mass is 10.2. The van der Waals surface area contributed by atoms with Crippen molar-refractivity contribution in [2.75, 3.05) is 14.2 Å². The summed E-state index contributed by atoms with van der Waals surface area (Å²) in [5.41, 5.74) is 4.32. The fourth-order valence-corrected chi connectivity index (χ4v) is 2.81. The highest BCUT2D eigenvalue weighted by atomic mass is 16.5. The van der Waals surface area contributed by atoms with Gasteiger partial charge in [0.05, 0.1) is 20.4 Å². The molecule has 1 amide bonds. The number of carbonyl (C=O) groups excluding carboxylic acids is 1. The molecule has 3 aromatic carbocycles. The van der Waals surface area contributed by atoms with Crippen LogP contribution < -0.4 is 24.4 Å². The molecule has 166 valence electrons. The minimum atomic E-state index is -0.728. The standard InChI is InChI=1S/C25H26N2O5/c1-18(25(28)27-26-16-20-9-14-23(29-2)24(15-20)30-3)32-22-12-10-21(11-13-22)31-17-19-7-5-4-6-8-19/h4-16,18H,17H2,1-3H3,(H,27,28)/b26-16-/t18-/m0/s1. The van der Waals surface area contributed by atoms with E-state index >= 15 is 0 Å². The van der Waals surface area contributed by atoms with Gasteiger partial charge in [-0.1, -0.05) is 30.3 Å². The molecule has 3 aromatic rings. The average molecular weight is 434 g/mol. The van der Waals surface area contributed by atoms with E-state index in [1.54, 1.807) is 63.6 Å². The zero-order valence-corrected chi connectivity index (χ0v) is 18.3. The van der Waals surface area contributed by atoms with Gasteiger partial charge in [-0.2, -0.15) is 5.10 Å². The zero-order chi connectivity index (χ0) is 22.8. The Morgan fingerprint density at radius 3 is 2.31 bits per heavy atom. The van der Waals surface area contributed by atoms with E-state index in [0.717, 1.165) is 16.9 Å². The lowest BCUT2D eigenvalue weighted by Gasteiger charge is -2.13. The van der Waals surface area contributed by atoms with Crippen molar-refractivity contribution in [3.63, 3.8) is 0 Å². The minimum Gasteiger partial charge on any atom is -0.493 e. The zero-order valence-electron chi connectivity index (χ0n) is 18.3. The number of hydrogen-bond donors (Lipinski definition) is 1. The normalized spacial score (nSPS) is 11.6. The van der Waals surface area contributed by atoms with Gasteiger partial charge in [0, 0.05) is 0 Å². The summed E-state index contributed by atoms with van der Waals surface area (Å²) in [5.74, 6) is 2.11. The van der Waals surface area contributed by atoms with Gasteiger partial charge in [-0.05, 0) is 60.5 Å². The Morgan fingerprint density at radius 1 is 0.938 bits per heavy atom. The van der Waals surface area contributed by atoms with Crippen LogP contribution in [0.3, 0.4) is 0 Å². The molecule has 0 heterocycles. The van der Waals surface area contributed by atoms with Gasteiger partial charge >= 0.3 is 0 Å². The number of methoxy groups -OCH3 is 2. The fourth-order valence-electron chi connectivity index (χ4n) is 2.81. The first-order valence-corrected chi connectivity index (χ1v) is 10.1. The molecule has 0 bridgehead atoms. The molecule has 0 fully saturated rings. The summed E-state index contributed by atoms with van der Waals surface area (Å²) < 4.78 is 21.9. The first-order chi connectivity index (χ1) is 15.6. The van der Waals surface area contributed by atoms with Crippen LogP contribution in [0.4, 0.5) is 0 Å². The van der Waals surface area contributed by atoms with Crippen LogP contribution in [0.5, 0.6) is 23.0 Å². The predicted octanol–water partition coefficient (Wildman–Crippen LogP) is 4.20. The molecular weight excluding hydrogens is 408 g/mol. The molecule has 0 aliphatic carbocycles. The van der Waals surface area contributed by atoms with E-state index < -0.39 is 6.10 Å². The minimum absolute atomic E-state index is 0.369. The first-order valence-electron chi connectivity index (χ1n) is 10.1. The third-order valence-corrected chi connectivity index (χ3v) is 4.55.